The molecule has 7 nitrogen and oxygen atoms in total. The first-order chi connectivity index (χ1) is 15.4. The Hall–Kier alpha value is -3.87. The van der Waals surface area contributed by atoms with Gasteiger partial charge in [-0.15, -0.1) is 0 Å². The number of carbonyl (C=O) groups is 1. The highest BCUT2D eigenvalue weighted by molar-refractivity contribution is 6.03. The molecule has 0 saturated carbocycles. The van der Waals surface area contributed by atoms with Crippen molar-refractivity contribution in [2.45, 2.75) is 40.8 Å². The molecular formula is C25H26N4O3. The third-order valence-corrected chi connectivity index (χ3v) is 5.30. The molecule has 2 heterocycles. The van der Waals surface area contributed by atoms with Crippen molar-refractivity contribution in [3.05, 3.63) is 94.0 Å². The maximum atomic E-state index is 12.9. The lowest BCUT2D eigenvalue weighted by Crippen LogP contribution is -2.16. The monoisotopic (exact) mass is 430 g/mol. The van der Waals surface area contributed by atoms with Crippen LogP contribution in [0.3, 0.4) is 0 Å². The number of carbonyl (C=O) groups excluding carboxylic acids is 1. The standard InChI is InChI=1S/C25H26N4O3/c1-16-8-7-10-20(12-16)14-29-18(3)13-23(27-29)26-25(30)24-21(19(4)32-28-24)15-31-22-11-6-5-9-17(22)2/h5-13H,14-15H2,1-4H3,(H,26,27,30). The van der Waals surface area contributed by atoms with Crippen LogP contribution in [0.5, 0.6) is 5.75 Å². The molecule has 0 aliphatic carbocycles. The molecule has 2 aromatic heterocycles. The molecule has 0 fully saturated rings. The summed E-state index contributed by atoms with van der Waals surface area (Å²) in [5, 5.41) is 11.3. The highest BCUT2D eigenvalue weighted by atomic mass is 16.5. The van der Waals surface area contributed by atoms with Gasteiger partial charge >= 0.3 is 0 Å². The number of ether oxygens (including phenoxy) is 1. The molecule has 4 rings (SSSR count). The van der Waals surface area contributed by atoms with Crippen molar-refractivity contribution in [2.75, 3.05) is 5.32 Å². The Kier molecular flexibility index (Phi) is 6.07. The van der Waals surface area contributed by atoms with Gasteiger partial charge in [-0.2, -0.15) is 5.10 Å². The lowest BCUT2D eigenvalue weighted by molar-refractivity contribution is 0.101. The third-order valence-electron chi connectivity index (χ3n) is 5.30. The van der Waals surface area contributed by atoms with Gasteiger partial charge in [0.2, 0.25) is 0 Å². The first kappa shape index (κ1) is 21.4. The fraction of sp³-hybridized carbons (Fsp3) is 0.240. The molecule has 0 radical (unpaired) electrons. The van der Waals surface area contributed by atoms with Crippen molar-refractivity contribution >= 4 is 11.7 Å². The molecule has 1 N–H and O–H groups in total. The number of para-hydroxylation sites is 1. The highest BCUT2D eigenvalue weighted by Gasteiger charge is 2.22. The van der Waals surface area contributed by atoms with Gasteiger partial charge in [-0.3, -0.25) is 9.48 Å². The average Bonchev–Trinajstić information content (AvgIpc) is 3.29. The van der Waals surface area contributed by atoms with Crippen LogP contribution < -0.4 is 10.1 Å². The van der Waals surface area contributed by atoms with Gasteiger partial charge in [-0.25, -0.2) is 0 Å². The summed E-state index contributed by atoms with van der Waals surface area (Å²) in [4.78, 5) is 12.9. The topological polar surface area (TPSA) is 82.2 Å². The Labute approximate surface area is 187 Å². The number of hydrogen-bond acceptors (Lipinski definition) is 5. The zero-order valence-corrected chi connectivity index (χ0v) is 18.7. The number of amides is 1. The smallest absolute Gasteiger partial charge is 0.279 e. The van der Waals surface area contributed by atoms with E-state index in [0.29, 0.717) is 23.7 Å². The first-order valence-corrected chi connectivity index (χ1v) is 10.5. The summed E-state index contributed by atoms with van der Waals surface area (Å²) in [7, 11) is 0. The SMILES string of the molecule is Cc1cccc(Cn2nc(NC(=O)c3noc(C)c3COc3ccccc3C)cc2C)c1. The van der Waals surface area contributed by atoms with Crippen molar-refractivity contribution in [3.8, 4) is 5.75 Å². The van der Waals surface area contributed by atoms with E-state index >= 15 is 0 Å². The van der Waals surface area contributed by atoms with Crippen LogP contribution in [0.2, 0.25) is 0 Å². The molecule has 0 aliphatic rings. The summed E-state index contributed by atoms with van der Waals surface area (Å²) in [5.74, 6) is 1.38. The number of aromatic nitrogens is 3. The molecule has 0 bridgehead atoms. The van der Waals surface area contributed by atoms with Crippen LogP contribution in [-0.4, -0.2) is 20.8 Å². The molecule has 0 atom stereocenters. The van der Waals surface area contributed by atoms with Crippen molar-refractivity contribution in [1.82, 2.24) is 14.9 Å². The first-order valence-electron chi connectivity index (χ1n) is 10.5. The lowest BCUT2D eigenvalue weighted by Gasteiger charge is -2.09. The van der Waals surface area contributed by atoms with Crippen LogP contribution in [-0.2, 0) is 13.2 Å². The van der Waals surface area contributed by atoms with Gasteiger partial charge in [0.25, 0.3) is 5.91 Å². The van der Waals surface area contributed by atoms with Gasteiger partial charge in [-0.1, -0.05) is 53.2 Å². The molecule has 0 unspecified atom stereocenters. The normalized spacial score (nSPS) is 10.9. The second-order valence-corrected chi connectivity index (χ2v) is 7.89. The fourth-order valence-electron chi connectivity index (χ4n) is 3.50. The van der Waals surface area contributed by atoms with E-state index in [1.165, 1.54) is 5.56 Å². The molecule has 0 spiro atoms. The predicted molar refractivity (Wildman–Crippen MR) is 122 cm³/mol. The van der Waals surface area contributed by atoms with Crippen molar-refractivity contribution in [2.24, 2.45) is 0 Å². The predicted octanol–water partition coefficient (Wildman–Crippen LogP) is 4.98. The summed E-state index contributed by atoms with van der Waals surface area (Å²) in [6, 6.07) is 17.8. The minimum absolute atomic E-state index is 0.184. The highest BCUT2D eigenvalue weighted by Crippen LogP contribution is 2.22. The zero-order valence-electron chi connectivity index (χ0n) is 18.7. The molecule has 164 valence electrons. The Morgan fingerprint density at radius 1 is 1.06 bits per heavy atom. The second-order valence-electron chi connectivity index (χ2n) is 7.89. The number of aryl methyl sites for hydroxylation is 4. The molecule has 32 heavy (non-hydrogen) atoms. The Balaban J connectivity index is 1.47. The molecule has 4 aromatic rings. The second kappa shape index (κ2) is 9.09. The number of rotatable bonds is 7. The number of anilines is 1. The molecule has 7 heteroatoms. The molecule has 2 aromatic carbocycles. The van der Waals surface area contributed by atoms with Crippen molar-refractivity contribution in [3.63, 3.8) is 0 Å². The van der Waals surface area contributed by atoms with E-state index < -0.39 is 0 Å². The van der Waals surface area contributed by atoms with Gasteiger partial charge in [0.15, 0.2) is 11.5 Å². The number of hydrogen-bond donors (Lipinski definition) is 1. The summed E-state index contributed by atoms with van der Waals surface area (Å²) in [6.07, 6.45) is 0. The maximum Gasteiger partial charge on any atom is 0.279 e. The number of nitrogens with one attached hydrogen (secondary N) is 1. The average molecular weight is 431 g/mol. The van der Waals surface area contributed by atoms with Gasteiger partial charge in [0.05, 0.1) is 12.1 Å². The third kappa shape index (κ3) is 4.72. The van der Waals surface area contributed by atoms with Crippen LogP contribution in [0.15, 0.2) is 59.1 Å². The van der Waals surface area contributed by atoms with Gasteiger partial charge < -0.3 is 14.6 Å². The molecular weight excluding hydrogens is 404 g/mol. The Bertz CT molecular complexity index is 1260. The van der Waals surface area contributed by atoms with Crippen LogP contribution >= 0.6 is 0 Å². The van der Waals surface area contributed by atoms with E-state index in [-0.39, 0.29) is 18.2 Å². The molecule has 0 aliphatic heterocycles. The van der Waals surface area contributed by atoms with E-state index in [1.807, 2.05) is 54.9 Å². The summed E-state index contributed by atoms with van der Waals surface area (Å²) in [5.41, 5.74) is 5.12. The minimum Gasteiger partial charge on any atom is -0.488 e. The minimum atomic E-state index is -0.384. The van der Waals surface area contributed by atoms with E-state index in [4.69, 9.17) is 9.26 Å². The summed E-state index contributed by atoms with van der Waals surface area (Å²) < 4.78 is 13.0. The van der Waals surface area contributed by atoms with E-state index in [2.05, 4.69) is 40.7 Å². The van der Waals surface area contributed by atoms with Crippen LogP contribution in [0.4, 0.5) is 5.82 Å². The summed E-state index contributed by atoms with van der Waals surface area (Å²) >= 11 is 0. The van der Waals surface area contributed by atoms with E-state index in [9.17, 15) is 4.79 Å². The Morgan fingerprint density at radius 3 is 2.66 bits per heavy atom. The van der Waals surface area contributed by atoms with Gasteiger partial charge in [0, 0.05) is 11.8 Å². The van der Waals surface area contributed by atoms with Gasteiger partial charge in [0.1, 0.15) is 18.1 Å². The largest absolute Gasteiger partial charge is 0.488 e. The molecule has 1 amide bonds. The van der Waals surface area contributed by atoms with E-state index in [0.717, 1.165) is 22.6 Å². The van der Waals surface area contributed by atoms with Crippen molar-refractivity contribution in [1.29, 1.82) is 0 Å². The Morgan fingerprint density at radius 2 is 1.88 bits per heavy atom. The maximum absolute atomic E-state index is 12.9. The number of nitrogens with zero attached hydrogens (tertiary/aromatic N) is 3. The van der Waals surface area contributed by atoms with E-state index in [1.54, 1.807) is 6.92 Å². The quantitative estimate of drug-likeness (QED) is 0.447. The van der Waals surface area contributed by atoms with Crippen LogP contribution in [0.25, 0.3) is 0 Å². The molecule has 0 saturated heterocycles. The van der Waals surface area contributed by atoms with Crippen LogP contribution in [0, 0.1) is 27.7 Å². The lowest BCUT2D eigenvalue weighted by atomic mass is 10.1. The van der Waals surface area contributed by atoms with Crippen LogP contribution in [0.1, 0.15) is 44.2 Å². The van der Waals surface area contributed by atoms with Gasteiger partial charge in [-0.05, 0) is 44.9 Å². The zero-order chi connectivity index (χ0) is 22.7. The number of benzene rings is 2. The summed E-state index contributed by atoms with van der Waals surface area (Å²) in [6.45, 7) is 8.57. The fourth-order valence-corrected chi connectivity index (χ4v) is 3.50. The van der Waals surface area contributed by atoms with Crippen molar-refractivity contribution < 1.29 is 14.1 Å².